The van der Waals surface area contributed by atoms with Crippen LogP contribution < -0.4 is 0 Å². The van der Waals surface area contributed by atoms with Crippen LogP contribution in [0.5, 0.6) is 0 Å². The lowest BCUT2D eigenvalue weighted by Gasteiger charge is -2.20. The summed E-state index contributed by atoms with van der Waals surface area (Å²) in [6, 6.07) is 0. The third-order valence-corrected chi connectivity index (χ3v) is 3.76. The van der Waals surface area contributed by atoms with Crippen molar-refractivity contribution >= 4 is 0 Å². The van der Waals surface area contributed by atoms with Gasteiger partial charge in [-0.2, -0.15) is 0 Å². The summed E-state index contributed by atoms with van der Waals surface area (Å²) in [5.41, 5.74) is 1.28. The van der Waals surface area contributed by atoms with E-state index < -0.39 is 0 Å². The normalized spacial score (nSPS) is 19.9. The molecule has 0 saturated heterocycles. The van der Waals surface area contributed by atoms with E-state index in [9.17, 15) is 5.11 Å². The number of H-pyrrole nitrogens is 1. The zero-order valence-electron chi connectivity index (χ0n) is 10.1. The number of aliphatic hydroxyl groups is 1. The minimum atomic E-state index is 0.178. The van der Waals surface area contributed by atoms with Gasteiger partial charge in [-0.25, -0.2) is 4.98 Å². The van der Waals surface area contributed by atoms with Crippen molar-refractivity contribution in [1.82, 2.24) is 9.97 Å². The second-order valence-electron chi connectivity index (χ2n) is 4.85. The maximum atomic E-state index is 9.24. The zero-order chi connectivity index (χ0) is 11.4. The van der Waals surface area contributed by atoms with Gasteiger partial charge in [0.2, 0.25) is 0 Å². The Morgan fingerprint density at radius 2 is 2.19 bits per heavy atom. The molecule has 1 aromatic rings. The number of nitrogens with one attached hydrogen (secondary N) is 1. The van der Waals surface area contributed by atoms with Crippen LogP contribution >= 0.6 is 0 Å². The van der Waals surface area contributed by atoms with Gasteiger partial charge in [0.15, 0.2) is 0 Å². The highest BCUT2D eigenvalue weighted by molar-refractivity contribution is 5.11. The number of nitrogens with zero attached hydrogens (tertiary/aromatic N) is 1. The van der Waals surface area contributed by atoms with Gasteiger partial charge in [0, 0.05) is 23.7 Å². The predicted molar refractivity (Wildman–Crippen MR) is 64.5 cm³/mol. The van der Waals surface area contributed by atoms with Crippen molar-refractivity contribution in [3.8, 4) is 0 Å². The van der Waals surface area contributed by atoms with Crippen molar-refractivity contribution in [2.45, 2.75) is 57.3 Å². The van der Waals surface area contributed by atoms with Crippen molar-refractivity contribution in [2.75, 3.05) is 6.61 Å². The Balaban J connectivity index is 2.05. The van der Waals surface area contributed by atoms with E-state index in [-0.39, 0.29) is 12.5 Å². The predicted octanol–water partition coefficient (Wildman–Crippen LogP) is 2.94. The van der Waals surface area contributed by atoms with Crippen LogP contribution in [0.25, 0.3) is 0 Å². The van der Waals surface area contributed by atoms with Crippen LogP contribution in [-0.4, -0.2) is 21.7 Å². The molecule has 1 aliphatic carbocycles. The van der Waals surface area contributed by atoms with Crippen LogP contribution in [0, 0.1) is 0 Å². The Labute approximate surface area is 97.3 Å². The lowest BCUT2D eigenvalue weighted by molar-refractivity contribution is 0.258. The van der Waals surface area contributed by atoms with E-state index in [1.54, 1.807) is 0 Å². The Morgan fingerprint density at radius 1 is 1.44 bits per heavy atom. The molecule has 16 heavy (non-hydrogen) atoms. The summed E-state index contributed by atoms with van der Waals surface area (Å²) in [5, 5.41) is 9.24. The van der Waals surface area contributed by atoms with Crippen molar-refractivity contribution < 1.29 is 5.11 Å². The first-order valence-corrected chi connectivity index (χ1v) is 6.50. The smallest absolute Gasteiger partial charge is 0.111 e. The molecule has 3 nitrogen and oxygen atoms in total. The molecule has 1 heterocycles. The fraction of sp³-hybridized carbons (Fsp3) is 0.769. The van der Waals surface area contributed by atoms with Crippen molar-refractivity contribution in [2.24, 2.45) is 0 Å². The summed E-state index contributed by atoms with van der Waals surface area (Å²) in [5.74, 6) is 1.81. The van der Waals surface area contributed by atoms with Crippen LogP contribution in [0.3, 0.4) is 0 Å². The first-order valence-electron chi connectivity index (χ1n) is 6.50. The van der Waals surface area contributed by atoms with Gasteiger partial charge in [0.1, 0.15) is 5.82 Å². The van der Waals surface area contributed by atoms with Crippen LogP contribution in [0.1, 0.15) is 68.8 Å². The van der Waals surface area contributed by atoms with E-state index >= 15 is 0 Å². The lowest BCUT2D eigenvalue weighted by atomic mass is 9.87. The van der Waals surface area contributed by atoms with Gasteiger partial charge in [-0.05, 0) is 19.3 Å². The van der Waals surface area contributed by atoms with Crippen molar-refractivity contribution in [3.05, 3.63) is 17.7 Å². The van der Waals surface area contributed by atoms with Gasteiger partial charge >= 0.3 is 0 Å². The second-order valence-corrected chi connectivity index (χ2v) is 4.85. The molecule has 2 rings (SSSR count). The summed E-state index contributed by atoms with van der Waals surface area (Å²) in [6.45, 7) is 2.28. The fourth-order valence-corrected chi connectivity index (χ4v) is 2.59. The zero-order valence-corrected chi connectivity index (χ0v) is 10.1. The molecule has 1 saturated carbocycles. The van der Waals surface area contributed by atoms with Crippen LogP contribution in [0.15, 0.2) is 6.20 Å². The molecule has 1 atom stereocenters. The number of aromatic nitrogens is 2. The molecule has 0 radical (unpaired) electrons. The molecule has 0 amide bonds. The lowest BCUT2D eigenvalue weighted by Crippen LogP contribution is -2.07. The number of rotatable bonds is 4. The minimum Gasteiger partial charge on any atom is -0.396 e. The molecule has 0 bridgehead atoms. The third kappa shape index (κ3) is 2.46. The molecule has 0 spiro atoms. The highest BCUT2D eigenvalue weighted by atomic mass is 16.3. The van der Waals surface area contributed by atoms with E-state index in [0.29, 0.717) is 5.92 Å². The molecule has 1 unspecified atom stereocenters. The van der Waals surface area contributed by atoms with E-state index in [1.807, 2.05) is 6.20 Å². The highest BCUT2D eigenvalue weighted by Crippen LogP contribution is 2.32. The second kappa shape index (κ2) is 5.48. The van der Waals surface area contributed by atoms with Gasteiger partial charge in [-0.1, -0.05) is 26.2 Å². The Bertz CT molecular complexity index is 311. The summed E-state index contributed by atoms with van der Waals surface area (Å²) in [7, 11) is 0. The molecule has 90 valence electrons. The Morgan fingerprint density at radius 3 is 2.81 bits per heavy atom. The topological polar surface area (TPSA) is 48.9 Å². The number of hydrogen-bond acceptors (Lipinski definition) is 2. The molecule has 1 fully saturated rings. The molecule has 0 aromatic carbocycles. The average Bonchev–Trinajstić information content (AvgIpc) is 2.81. The highest BCUT2D eigenvalue weighted by Gasteiger charge is 2.19. The van der Waals surface area contributed by atoms with Gasteiger partial charge < -0.3 is 10.1 Å². The third-order valence-electron chi connectivity index (χ3n) is 3.76. The summed E-state index contributed by atoms with van der Waals surface area (Å²) < 4.78 is 0. The largest absolute Gasteiger partial charge is 0.396 e. The van der Waals surface area contributed by atoms with Crippen LogP contribution in [0.4, 0.5) is 0 Å². The Hall–Kier alpha value is -0.830. The van der Waals surface area contributed by atoms with E-state index in [1.165, 1.54) is 37.8 Å². The monoisotopic (exact) mass is 222 g/mol. The molecule has 0 aliphatic heterocycles. The molecule has 3 heteroatoms. The van der Waals surface area contributed by atoms with Crippen molar-refractivity contribution in [3.63, 3.8) is 0 Å². The van der Waals surface area contributed by atoms with Gasteiger partial charge in [-0.3, -0.25) is 0 Å². The average molecular weight is 222 g/mol. The van der Waals surface area contributed by atoms with E-state index in [2.05, 4.69) is 16.9 Å². The van der Waals surface area contributed by atoms with Crippen molar-refractivity contribution in [1.29, 1.82) is 0 Å². The quantitative estimate of drug-likeness (QED) is 0.823. The van der Waals surface area contributed by atoms with E-state index in [4.69, 9.17) is 0 Å². The first-order chi connectivity index (χ1) is 7.85. The SMILES string of the molecule is CCC(CO)c1ncc(C2CCCCC2)[nH]1. The van der Waals surface area contributed by atoms with Crippen LogP contribution in [0.2, 0.25) is 0 Å². The molecule has 2 N–H and O–H groups in total. The molecular weight excluding hydrogens is 200 g/mol. The number of aliphatic hydroxyl groups excluding tert-OH is 1. The standard InChI is InChI=1S/C13H22N2O/c1-2-10(9-16)13-14-8-12(15-13)11-6-4-3-5-7-11/h8,10-11,16H,2-7,9H2,1H3,(H,14,15). The Kier molecular flexibility index (Phi) is 3.99. The summed E-state index contributed by atoms with van der Waals surface area (Å²) >= 11 is 0. The maximum absolute atomic E-state index is 9.24. The van der Waals surface area contributed by atoms with Gasteiger partial charge in [-0.15, -0.1) is 0 Å². The van der Waals surface area contributed by atoms with E-state index in [0.717, 1.165) is 12.2 Å². The first kappa shape index (κ1) is 11.6. The molecule has 1 aliphatic rings. The van der Waals surface area contributed by atoms with Gasteiger partial charge in [0.25, 0.3) is 0 Å². The molecule has 1 aromatic heterocycles. The van der Waals surface area contributed by atoms with Gasteiger partial charge in [0.05, 0.1) is 6.61 Å². The molecular formula is C13H22N2O. The number of aromatic amines is 1. The maximum Gasteiger partial charge on any atom is 0.111 e. The summed E-state index contributed by atoms with van der Waals surface area (Å²) in [4.78, 5) is 7.83. The van der Waals surface area contributed by atoms with Crippen LogP contribution in [-0.2, 0) is 0 Å². The summed E-state index contributed by atoms with van der Waals surface area (Å²) in [6.07, 6.45) is 9.56. The minimum absolute atomic E-state index is 0.178. The number of imidazole rings is 1. The number of hydrogen-bond donors (Lipinski definition) is 2. The fourth-order valence-electron chi connectivity index (χ4n) is 2.59.